The Kier molecular flexibility index (Phi) is 7.52. The van der Waals surface area contributed by atoms with Gasteiger partial charge in [-0.15, -0.1) is 4.57 Å². The number of fused-ring (bicyclic) bond motifs is 1. The summed E-state index contributed by atoms with van der Waals surface area (Å²) >= 11 is 1.70. The molecule has 7 nitrogen and oxygen atoms in total. The number of carboxylic acids is 1. The van der Waals surface area contributed by atoms with Crippen molar-refractivity contribution in [2.24, 2.45) is 4.99 Å². The number of carboxylic acid groups (broad SMARTS) is 1. The second kappa shape index (κ2) is 10.9. The van der Waals surface area contributed by atoms with E-state index in [9.17, 15) is 0 Å². The Morgan fingerprint density at radius 2 is 1.80 bits per heavy atom. The molecule has 2 aromatic heterocycles. The number of hydrogen-bond acceptors (Lipinski definition) is 6. The molecule has 35 heavy (non-hydrogen) atoms. The van der Waals surface area contributed by atoms with Gasteiger partial charge < -0.3 is 15.2 Å². The van der Waals surface area contributed by atoms with Crippen LogP contribution in [0, 0.1) is 0 Å². The Balaban J connectivity index is 0.000000672. The van der Waals surface area contributed by atoms with Gasteiger partial charge in [0.05, 0.1) is 11.6 Å². The first kappa shape index (κ1) is 24.1. The molecule has 0 unspecified atom stereocenters. The molecule has 0 aliphatic carbocycles. The van der Waals surface area contributed by atoms with E-state index >= 15 is 0 Å². The average molecular weight is 486 g/mol. The second-order valence-corrected chi connectivity index (χ2v) is 9.11. The Morgan fingerprint density at radius 3 is 2.46 bits per heavy atom. The summed E-state index contributed by atoms with van der Waals surface area (Å²) in [6.07, 6.45) is 6.12. The van der Waals surface area contributed by atoms with Crippen molar-refractivity contribution >= 4 is 40.2 Å². The van der Waals surface area contributed by atoms with Crippen molar-refractivity contribution in [3.8, 4) is 0 Å². The Labute approximate surface area is 208 Å². The number of nitrogens with one attached hydrogen (secondary N) is 1. The van der Waals surface area contributed by atoms with E-state index in [0.717, 1.165) is 41.4 Å². The van der Waals surface area contributed by atoms with Crippen LogP contribution in [0.25, 0.3) is 5.70 Å². The van der Waals surface area contributed by atoms with Crippen LogP contribution in [0.4, 0.5) is 11.5 Å². The van der Waals surface area contributed by atoms with E-state index < -0.39 is 5.97 Å². The third kappa shape index (κ3) is 5.73. The highest BCUT2D eigenvalue weighted by molar-refractivity contribution is 7.11. The lowest BCUT2D eigenvalue weighted by molar-refractivity contribution is -0.571. The number of nitrogens with zero attached hydrogens (tertiary/aromatic N) is 4. The monoisotopic (exact) mass is 485 g/mol. The normalized spacial score (nSPS) is 13.3. The molecule has 1 aliphatic rings. The van der Waals surface area contributed by atoms with Gasteiger partial charge in [0, 0.05) is 30.2 Å². The van der Waals surface area contributed by atoms with Gasteiger partial charge >= 0.3 is 0 Å². The topological polar surface area (TPSA) is 86.2 Å². The SMILES string of the molecule is CC(=O)[O-].CC(C)n1ncc(/N=C2\C=C(c3ccccc3)[n+]3ccsc32)c1NCc1ccccc1. The fourth-order valence-corrected chi connectivity index (χ4v) is 4.54. The zero-order valence-corrected chi connectivity index (χ0v) is 20.7. The van der Waals surface area contributed by atoms with Crippen molar-refractivity contribution in [3.05, 3.63) is 101 Å². The molecule has 178 valence electrons. The number of aromatic nitrogens is 3. The van der Waals surface area contributed by atoms with Crippen LogP contribution < -0.4 is 15.0 Å². The molecule has 0 saturated carbocycles. The van der Waals surface area contributed by atoms with E-state index in [4.69, 9.17) is 14.9 Å². The molecule has 1 N–H and O–H groups in total. The predicted octanol–water partition coefficient (Wildman–Crippen LogP) is 4.20. The maximum atomic E-state index is 8.89. The van der Waals surface area contributed by atoms with Crippen LogP contribution in [0.5, 0.6) is 0 Å². The molecule has 0 bridgehead atoms. The first-order valence-corrected chi connectivity index (χ1v) is 12.2. The number of carbonyl (C=O) groups excluding carboxylic acids is 1. The van der Waals surface area contributed by atoms with Crippen molar-refractivity contribution in [2.45, 2.75) is 33.4 Å². The lowest BCUT2D eigenvalue weighted by Crippen LogP contribution is -2.30. The van der Waals surface area contributed by atoms with Gasteiger partial charge in [0.15, 0.2) is 17.7 Å². The summed E-state index contributed by atoms with van der Waals surface area (Å²) in [6, 6.07) is 21.1. The molecule has 8 heteroatoms. The molecule has 0 amide bonds. The van der Waals surface area contributed by atoms with E-state index in [1.165, 1.54) is 11.1 Å². The second-order valence-electron chi connectivity index (χ2n) is 8.22. The Morgan fingerprint density at radius 1 is 1.14 bits per heavy atom. The molecule has 0 fully saturated rings. The largest absolute Gasteiger partial charge is 0.550 e. The van der Waals surface area contributed by atoms with Crippen molar-refractivity contribution in [3.63, 3.8) is 0 Å². The van der Waals surface area contributed by atoms with E-state index in [2.05, 4.69) is 95.0 Å². The van der Waals surface area contributed by atoms with Gasteiger partial charge in [-0.05, 0) is 38.5 Å². The number of aliphatic carboxylic acids is 1. The molecule has 4 aromatic rings. The Hall–Kier alpha value is -4.04. The summed E-state index contributed by atoms with van der Waals surface area (Å²) in [4.78, 5) is 13.9. The fraction of sp³-hybridized carbons (Fsp3) is 0.185. The molecule has 0 spiro atoms. The van der Waals surface area contributed by atoms with Crippen molar-refractivity contribution < 1.29 is 14.5 Å². The van der Waals surface area contributed by atoms with Crippen molar-refractivity contribution in [2.75, 3.05) is 5.32 Å². The number of rotatable bonds is 6. The van der Waals surface area contributed by atoms with Crippen LogP contribution in [-0.4, -0.2) is 21.5 Å². The quantitative estimate of drug-likeness (QED) is 0.415. The van der Waals surface area contributed by atoms with Crippen LogP contribution in [0.15, 0.2) is 89.5 Å². The van der Waals surface area contributed by atoms with Gasteiger partial charge in [0.1, 0.15) is 5.69 Å². The smallest absolute Gasteiger partial charge is 0.293 e. The zero-order chi connectivity index (χ0) is 24.8. The number of hydrogen-bond donors (Lipinski definition) is 1. The minimum Gasteiger partial charge on any atom is -0.550 e. The van der Waals surface area contributed by atoms with Gasteiger partial charge in [-0.2, -0.15) is 5.10 Å². The van der Waals surface area contributed by atoms with Gasteiger partial charge in [-0.25, -0.2) is 9.67 Å². The lowest BCUT2D eigenvalue weighted by Gasteiger charge is -2.13. The van der Waals surface area contributed by atoms with Gasteiger partial charge in [0.25, 0.3) is 5.01 Å². The minimum absolute atomic E-state index is 0.234. The molecule has 3 heterocycles. The molecule has 0 saturated heterocycles. The molecule has 5 rings (SSSR count). The van der Waals surface area contributed by atoms with Crippen LogP contribution in [0.1, 0.15) is 42.9 Å². The van der Waals surface area contributed by atoms with E-state index in [0.29, 0.717) is 0 Å². The number of carbonyl (C=O) groups is 1. The summed E-state index contributed by atoms with van der Waals surface area (Å²) < 4.78 is 4.21. The maximum Gasteiger partial charge on any atom is 0.293 e. The summed E-state index contributed by atoms with van der Waals surface area (Å²) in [5.41, 5.74) is 5.36. The average Bonchev–Trinajstić information content (AvgIpc) is 3.55. The molecule has 1 aliphatic heterocycles. The molecule has 0 atom stereocenters. The minimum atomic E-state index is -1.08. The van der Waals surface area contributed by atoms with Crippen molar-refractivity contribution in [1.82, 2.24) is 9.78 Å². The van der Waals surface area contributed by atoms with E-state index in [1.54, 1.807) is 11.3 Å². The van der Waals surface area contributed by atoms with Gasteiger partial charge in [-0.3, -0.25) is 0 Å². The van der Waals surface area contributed by atoms with Gasteiger partial charge in [0.2, 0.25) is 5.70 Å². The molecule has 2 aromatic carbocycles. The predicted molar refractivity (Wildman–Crippen MR) is 138 cm³/mol. The number of thiazole rings is 1. The maximum absolute atomic E-state index is 8.89. The standard InChI is InChI=1S/C25H23N5S.C2H4O2/c1-18(2)30-24(26-16-19-9-5-3-6-10-19)22(17-27-30)28-21-15-23(20-11-7-4-8-12-20)29-13-14-31-25(21)29;1-2(3)4/h3-15,17-18H,16H2,1-2H3;1H3,(H,3,4). The molecular formula is C27H27N5O2S. The number of aliphatic imine (C=N–C) groups is 1. The molecule has 0 radical (unpaired) electrons. The van der Waals surface area contributed by atoms with Crippen LogP contribution in [-0.2, 0) is 11.3 Å². The number of anilines is 1. The van der Waals surface area contributed by atoms with Gasteiger partial charge in [-0.1, -0.05) is 59.9 Å². The van der Waals surface area contributed by atoms with E-state index in [-0.39, 0.29) is 6.04 Å². The highest BCUT2D eigenvalue weighted by Crippen LogP contribution is 2.31. The molecular weight excluding hydrogens is 458 g/mol. The third-order valence-corrected chi connectivity index (χ3v) is 6.13. The van der Waals surface area contributed by atoms with Crippen LogP contribution >= 0.6 is 11.3 Å². The van der Waals surface area contributed by atoms with E-state index in [1.807, 2.05) is 23.0 Å². The lowest BCUT2D eigenvalue weighted by atomic mass is 10.1. The van der Waals surface area contributed by atoms with Crippen molar-refractivity contribution in [1.29, 1.82) is 0 Å². The highest BCUT2D eigenvalue weighted by Gasteiger charge is 2.31. The number of benzene rings is 2. The fourth-order valence-electron chi connectivity index (χ4n) is 3.74. The summed E-state index contributed by atoms with van der Waals surface area (Å²) in [7, 11) is 0. The third-order valence-electron chi connectivity index (χ3n) is 5.24. The first-order chi connectivity index (χ1) is 16.9. The highest BCUT2D eigenvalue weighted by atomic mass is 32.1. The Bertz CT molecular complexity index is 1350. The summed E-state index contributed by atoms with van der Waals surface area (Å²) in [5.74, 6) is -0.143. The van der Waals surface area contributed by atoms with Crippen LogP contribution in [0.2, 0.25) is 0 Å². The first-order valence-electron chi connectivity index (χ1n) is 11.3. The summed E-state index contributed by atoms with van der Waals surface area (Å²) in [5, 5.41) is 20.3. The van der Waals surface area contributed by atoms with Crippen LogP contribution in [0.3, 0.4) is 0 Å². The zero-order valence-electron chi connectivity index (χ0n) is 19.9. The number of allylic oxidation sites excluding steroid dienone is 1. The summed E-state index contributed by atoms with van der Waals surface area (Å²) in [6.45, 7) is 5.96.